The summed E-state index contributed by atoms with van der Waals surface area (Å²) >= 11 is 0. The number of nitrogens with zero attached hydrogens (tertiary/aromatic N) is 2. The van der Waals surface area contributed by atoms with E-state index in [0.717, 1.165) is 19.4 Å². The lowest BCUT2D eigenvalue weighted by Gasteiger charge is -2.56. The van der Waals surface area contributed by atoms with Crippen LogP contribution in [0.15, 0.2) is 0 Å². The van der Waals surface area contributed by atoms with E-state index in [2.05, 4.69) is 4.90 Å². The number of carbonyl (C=O) groups is 2. The Morgan fingerprint density at radius 1 is 1.36 bits per heavy atom. The van der Waals surface area contributed by atoms with E-state index in [-0.39, 0.29) is 18.6 Å². The Bertz CT molecular complexity index is 441. The molecular formula is C15H27N3O4. The highest BCUT2D eigenvalue weighted by Crippen LogP contribution is 2.34. The van der Waals surface area contributed by atoms with Gasteiger partial charge >= 0.3 is 12.1 Å². The SMILES string of the molecule is CC(C)(C)OC(=O)N1CC(CC(=O)O)(N2CCCC(N)C2)C1. The van der Waals surface area contributed by atoms with Gasteiger partial charge < -0.3 is 20.5 Å². The molecule has 2 saturated heterocycles. The van der Waals surface area contributed by atoms with Gasteiger partial charge in [0, 0.05) is 25.7 Å². The molecule has 1 amide bonds. The van der Waals surface area contributed by atoms with E-state index in [1.165, 1.54) is 0 Å². The third-order valence-corrected chi connectivity index (χ3v) is 4.23. The van der Waals surface area contributed by atoms with Gasteiger partial charge in [-0.1, -0.05) is 0 Å². The lowest BCUT2D eigenvalue weighted by molar-refractivity contribution is -0.146. The summed E-state index contributed by atoms with van der Waals surface area (Å²) < 4.78 is 5.34. The summed E-state index contributed by atoms with van der Waals surface area (Å²) in [5, 5.41) is 9.23. The molecular weight excluding hydrogens is 286 g/mol. The Morgan fingerprint density at radius 3 is 2.50 bits per heavy atom. The fraction of sp³-hybridized carbons (Fsp3) is 0.867. The van der Waals surface area contributed by atoms with Crippen molar-refractivity contribution in [2.45, 2.75) is 57.2 Å². The molecule has 0 radical (unpaired) electrons. The molecule has 3 N–H and O–H groups in total. The first kappa shape index (κ1) is 17.0. The van der Waals surface area contributed by atoms with Crippen molar-refractivity contribution in [2.24, 2.45) is 5.73 Å². The topological polar surface area (TPSA) is 96.1 Å². The molecule has 2 rings (SSSR count). The first-order chi connectivity index (χ1) is 10.1. The van der Waals surface area contributed by atoms with E-state index in [0.29, 0.717) is 19.6 Å². The predicted octanol–water partition coefficient (Wildman–Crippen LogP) is 0.874. The lowest BCUT2D eigenvalue weighted by atomic mass is 9.82. The summed E-state index contributed by atoms with van der Waals surface area (Å²) in [4.78, 5) is 27.0. The average molecular weight is 313 g/mol. The Labute approximate surface area is 131 Å². The van der Waals surface area contributed by atoms with Crippen molar-refractivity contribution < 1.29 is 19.4 Å². The molecule has 0 aromatic heterocycles. The van der Waals surface area contributed by atoms with Crippen LogP contribution in [0.25, 0.3) is 0 Å². The van der Waals surface area contributed by atoms with Crippen LogP contribution in [-0.4, -0.2) is 70.3 Å². The van der Waals surface area contributed by atoms with Crippen LogP contribution in [-0.2, 0) is 9.53 Å². The van der Waals surface area contributed by atoms with Crippen molar-refractivity contribution in [1.29, 1.82) is 0 Å². The van der Waals surface area contributed by atoms with Gasteiger partial charge in [0.1, 0.15) is 5.60 Å². The number of nitrogens with two attached hydrogens (primary N) is 1. The maximum atomic E-state index is 12.1. The Kier molecular flexibility index (Phi) is 4.67. The first-order valence-corrected chi connectivity index (χ1v) is 7.82. The molecule has 2 heterocycles. The minimum Gasteiger partial charge on any atom is -0.481 e. The smallest absolute Gasteiger partial charge is 0.410 e. The maximum absolute atomic E-state index is 12.1. The van der Waals surface area contributed by atoms with Gasteiger partial charge in [0.25, 0.3) is 0 Å². The quantitative estimate of drug-likeness (QED) is 0.803. The van der Waals surface area contributed by atoms with Gasteiger partial charge in [-0.2, -0.15) is 0 Å². The summed E-state index contributed by atoms with van der Waals surface area (Å²) in [6.07, 6.45) is 1.58. The minimum atomic E-state index is -0.844. The number of hydrogen-bond acceptors (Lipinski definition) is 5. The van der Waals surface area contributed by atoms with Gasteiger partial charge in [0.05, 0.1) is 12.0 Å². The van der Waals surface area contributed by atoms with E-state index in [4.69, 9.17) is 10.5 Å². The van der Waals surface area contributed by atoms with E-state index < -0.39 is 17.1 Å². The van der Waals surface area contributed by atoms with Gasteiger partial charge in [0.2, 0.25) is 0 Å². The van der Waals surface area contributed by atoms with E-state index in [1.807, 2.05) is 20.8 Å². The monoisotopic (exact) mass is 313 g/mol. The van der Waals surface area contributed by atoms with E-state index >= 15 is 0 Å². The number of ether oxygens (including phenoxy) is 1. The standard InChI is InChI=1S/C15H27N3O4/c1-14(2,3)22-13(21)17-9-15(10-17,7-12(19)20)18-6-4-5-11(16)8-18/h11H,4-10,16H2,1-3H3,(H,19,20). The normalized spacial score (nSPS) is 25.5. The Hall–Kier alpha value is -1.34. The molecule has 22 heavy (non-hydrogen) atoms. The zero-order valence-electron chi connectivity index (χ0n) is 13.7. The molecule has 7 heteroatoms. The number of carboxylic acids is 1. The maximum Gasteiger partial charge on any atom is 0.410 e. The summed E-state index contributed by atoms with van der Waals surface area (Å²) in [5.41, 5.74) is 4.97. The Balaban J connectivity index is 2.02. The molecule has 0 bridgehead atoms. The van der Waals surface area contributed by atoms with Crippen LogP contribution in [0.4, 0.5) is 4.79 Å². The van der Waals surface area contributed by atoms with Crippen molar-refractivity contribution in [3.8, 4) is 0 Å². The molecule has 126 valence electrons. The molecule has 2 fully saturated rings. The van der Waals surface area contributed by atoms with E-state index in [1.54, 1.807) is 4.90 Å². The highest BCUT2D eigenvalue weighted by molar-refractivity contribution is 5.73. The van der Waals surface area contributed by atoms with Crippen LogP contribution >= 0.6 is 0 Å². The number of rotatable bonds is 3. The van der Waals surface area contributed by atoms with Crippen LogP contribution < -0.4 is 5.73 Å². The van der Waals surface area contributed by atoms with Crippen molar-refractivity contribution >= 4 is 12.1 Å². The molecule has 7 nitrogen and oxygen atoms in total. The number of carbonyl (C=O) groups excluding carboxylic acids is 1. The molecule has 1 atom stereocenters. The summed E-state index contributed by atoms with van der Waals surface area (Å²) in [7, 11) is 0. The number of carboxylic acid groups (broad SMARTS) is 1. The van der Waals surface area contributed by atoms with E-state index in [9.17, 15) is 14.7 Å². The number of amides is 1. The van der Waals surface area contributed by atoms with Gasteiger partial charge in [0.15, 0.2) is 0 Å². The number of aliphatic carboxylic acids is 1. The summed E-state index contributed by atoms with van der Waals surface area (Å²) in [5.74, 6) is -0.844. The molecule has 2 aliphatic heterocycles. The highest BCUT2D eigenvalue weighted by atomic mass is 16.6. The van der Waals surface area contributed by atoms with Gasteiger partial charge in [-0.3, -0.25) is 9.69 Å². The van der Waals surface area contributed by atoms with Crippen molar-refractivity contribution in [3.63, 3.8) is 0 Å². The van der Waals surface area contributed by atoms with Crippen LogP contribution in [0.1, 0.15) is 40.0 Å². The highest BCUT2D eigenvalue weighted by Gasteiger charge is 2.52. The Morgan fingerprint density at radius 2 is 2.00 bits per heavy atom. The third kappa shape index (κ3) is 3.89. The summed E-state index contributed by atoms with van der Waals surface area (Å²) in [6, 6.07) is 0.0787. The van der Waals surface area contributed by atoms with Crippen molar-refractivity contribution in [1.82, 2.24) is 9.80 Å². The van der Waals surface area contributed by atoms with Crippen LogP contribution in [0.2, 0.25) is 0 Å². The van der Waals surface area contributed by atoms with Crippen molar-refractivity contribution in [3.05, 3.63) is 0 Å². The average Bonchev–Trinajstić information content (AvgIpc) is 2.30. The predicted molar refractivity (Wildman–Crippen MR) is 81.6 cm³/mol. The van der Waals surface area contributed by atoms with Crippen LogP contribution in [0, 0.1) is 0 Å². The van der Waals surface area contributed by atoms with Crippen LogP contribution in [0.5, 0.6) is 0 Å². The van der Waals surface area contributed by atoms with Crippen LogP contribution in [0.3, 0.4) is 0 Å². The van der Waals surface area contributed by atoms with Gasteiger partial charge in [-0.15, -0.1) is 0 Å². The number of piperidine rings is 1. The second-order valence-corrected chi connectivity index (χ2v) is 7.48. The number of hydrogen-bond donors (Lipinski definition) is 2. The second-order valence-electron chi connectivity index (χ2n) is 7.48. The minimum absolute atomic E-state index is 0.0268. The third-order valence-electron chi connectivity index (χ3n) is 4.23. The van der Waals surface area contributed by atoms with Crippen molar-refractivity contribution in [2.75, 3.05) is 26.2 Å². The zero-order valence-corrected chi connectivity index (χ0v) is 13.7. The fourth-order valence-corrected chi connectivity index (χ4v) is 3.27. The molecule has 0 spiro atoms. The fourth-order valence-electron chi connectivity index (χ4n) is 3.27. The van der Waals surface area contributed by atoms with Gasteiger partial charge in [-0.05, 0) is 40.2 Å². The largest absolute Gasteiger partial charge is 0.481 e. The second kappa shape index (κ2) is 6.04. The zero-order chi connectivity index (χ0) is 16.5. The summed E-state index contributed by atoms with van der Waals surface area (Å²) in [6.45, 7) is 7.76. The molecule has 0 aromatic carbocycles. The van der Waals surface area contributed by atoms with Gasteiger partial charge in [-0.25, -0.2) is 4.79 Å². The molecule has 0 aromatic rings. The lowest BCUT2D eigenvalue weighted by Crippen LogP contribution is -2.73. The molecule has 0 aliphatic carbocycles. The first-order valence-electron chi connectivity index (χ1n) is 7.82. The molecule has 0 saturated carbocycles. The number of likely N-dealkylation sites (tertiary alicyclic amines) is 2. The molecule has 2 aliphatic rings. The molecule has 1 unspecified atom stereocenters.